The molecule has 0 aliphatic carbocycles. The minimum atomic E-state index is -0.212. The number of nitrogens with one attached hydrogen (secondary N) is 1. The first kappa shape index (κ1) is 16.9. The molecule has 0 radical (unpaired) electrons. The zero-order valence-electron chi connectivity index (χ0n) is 12.7. The van der Waals surface area contributed by atoms with E-state index in [4.69, 9.17) is 17.3 Å². The average molecular weight is 338 g/mol. The molecular formula is C16H20ClN3OS. The van der Waals surface area contributed by atoms with Crippen molar-refractivity contribution in [2.45, 2.75) is 25.7 Å². The zero-order chi connectivity index (χ0) is 16.2. The number of rotatable bonds is 6. The van der Waals surface area contributed by atoms with Crippen LogP contribution < -0.4 is 11.1 Å². The smallest absolute Gasteiger partial charge is 0.270 e. The molecule has 0 aliphatic heterocycles. The Labute approximate surface area is 139 Å². The molecule has 118 valence electrons. The van der Waals surface area contributed by atoms with Crippen LogP contribution in [-0.2, 0) is 11.8 Å². The number of halogens is 1. The van der Waals surface area contributed by atoms with E-state index in [1.165, 1.54) is 11.3 Å². The topological polar surface area (TPSA) is 68.0 Å². The monoisotopic (exact) mass is 337 g/mol. The van der Waals surface area contributed by atoms with Gasteiger partial charge in [0.1, 0.15) is 5.69 Å². The highest BCUT2D eigenvalue weighted by atomic mass is 35.5. The summed E-state index contributed by atoms with van der Waals surface area (Å²) in [7, 11) is 0. The van der Waals surface area contributed by atoms with E-state index in [1.54, 1.807) is 5.38 Å². The van der Waals surface area contributed by atoms with Crippen molar-refractivity contribution in [3.05, 3.63) is 50.9 Å². The second-order valence-corrected chi connectivity index (χ2v) is 7.12. The highest BCUT2D eigenvalue weighted by molar-refractivity contribution is 7.09. The van der Waals surface area contributed by atoms with Crippen LogP contribution in [0.25, 0.3) is 0 Å². The summed E-state index contributed by atoms with van der Waals surface area (Å²) >= 11 is 7.50. The Kier molecular flexibility index (Phi) is 5.56. The second-order valence-electron chi connectivity index (χ2n) is 5.74. The fourth-order valence-electron chi connectivity index (χ4n) is 2.06. The quantitative estimate of drug-likeness (QED) is 0.851. The Bertz CT molecular complexity index is 654. The van der Waals surface area contributed by atoms with E-state index in [0.29, 0.717) is 30.2 Å². The molecule has 1 amide bonds. The lowest BCUT2D eigenvalue weighted by molar-refractivity contribution is 0.0941. The van der Waals surface area contributed by atoms with Gasteiger partial charge < -0.3 is 11.1 Å². The molecule has 0 aliphatic rings. The molecule has 2 aromatic rings. The summed E-state index contributed by atoms with van der Waals surface area (Å²) < 4.78 is 0. The minimum absolute atomic E-state index is 0.158. The number of nitrogens with zero attached hydrogens (tertiary/aromatic N) is 1. The second kappa shape index (κ2) is 7.22. The fraction of sp³-hybridized carbons (Fsp3) is 0.375. The third kappa shape index (κ3) is 4.29. The highest BCUT2D eigenvalue weighted by Crippen LogP contribution is 2.25. The first-order valence-corrected chi connectivity index (χ1v) is 8.37. The lowest BCUT2D eigenvalue weighted by atomic mass is 9.84. The van der Waals surface area contributed by atoms with E-state index < -0.39 is 0 Å². The maximum atomic E-state index is 12.2. The van der Waals surface area contributed by atoms with Crippen LogP contribution in [0.15, 0.2) is 29.6 Å². The number of nitrogens with two attached hydrogens (primary N) is 1. The fourth-order valence-corrected chi connectivity index (χ4v) is 3.04. The largest absolute Gasteiger partial charge is 0.350 e. The van der Waals surface area contributed by atoms with Gasteiger partial charge in [0.05, 0.1) is 5.01 Å². The van der Waals surface area contributed by atoms with E-state index in [-0.39, 0.29) is 11.3 Å². The van der Waals surface area contributed by atoms with Gasteiger partial charge in [-0.05, 0) is 24.2 Å². The third-order valence-corrected chi connectivity index (χ3v) is 4.58. The molecule has 22 heavy (non-hydrogen) atoms. The van der Waals surface area contributed by atoms with Crippen molar-refractivity contribution in [2.24, 2.45) is 5.73 Å². The summed E-state index contributed by atoms with van der Waals surface area (Å²) in [6.07, 6.45) is 0.700. The van der Waals surface area contributed by atoms with Crippen LogP contribution in [0.2, 0.25) is 5.02 Å². The maximum absolute atomic E-state index is 12.2. The van der Waals surface area contributed by atoms with Gasteiger partial charge in [0.2, 0.25) is 0 Å². The highest BCUT2D eigenvalue weighted by Gasteiger charge is 2.22. The van der Waals surface area contributed by atoms with Crippen molar-refractivity contribution >= 4 is 28.8 Å². The number of aromatic nitrogens is 1. The SMILES string of the molecule is CC(C)(CNC(=O)c1csc(CCN)n1)c1cccc(Cl)c1. The Morgan fingerprint density at radius 2 is 2.23 bits per heavy atom. The Hall–Kier alpha value is -1.43. The standard InChI is InChI=1S/C16H20ClN3OS/c1-16(2,11-4-3-5-12(17)8-11)10-19-15(21)13-9-22-14(20-13)6-7-18/h3-5,8-9H,6-7,10,18H2,1-2H3,(H,19,21). The number of benzene rings is 1. The van der Waals surface area contributed by atoms with Gasteiger partial charge >= 0.3 is 0 Å². The lowest BCUT2D eigenvalue weighted by Gasteiger charge is -2.25. The van der Waals surface area contributed by atoms with E-state index >= 15 is 0 Å². The van der Waals surface area contributed by atoms with E-state index in [9.17, 15) is 4.79 Å². The van der Waals surface area contributed by atoms with E-state index in [0.717, 1.165) is 10.6 Å². The van der Waals surface area contributed by atoms with Crippen molar-refractivity contribution in [3.63, 3.8) is 0 Å². The van der Waals surface area contributed by atoms with Crippen LogP contribution in [0.1, 0.15) is 34.9 Å². The molecule has 0 saturated carbocycles. The molecule has 2 rings (SSSR count). The minimum Gasteiger partial charge on any atom is -0.350 e. The first-order valence-electron chi connectivity index (χ1n) is 7.11. The molecule has 1 aromatic carbocycles. The van der Waals surface area contributed by atoms with Crippen LogP contribution >= 0.6 is 22.9 Å². The molecule has 0 unspecified atom stereocenters. The third-order valence-electron chi connectivity index (χ3n) is 3.44. The number of hydrogen-bond acceptors (Lipinski definition) is 4. The maximum Gasteiger partial charge on any atom is 0.270 e. The Morgan fingerprint density at radius 1 is 1.45 bits per heavy atom. The molecule has 3 N–H and O–H groups in total. The number of thiazole rings is 1. The van der Waals surface area contributed by atoms with Gasteiger partial charge in [-0.25, -0.2) is 4.98 Å². The molecule has 1 heterocycles. The Morgan fingerprint density at radius 3 is 2.91 bits per heavy atom. The number of amides is 1. The summed E-state index contributed by atoms with van der Waals surface area (Å²) in [5.74, 6) is -0.158. The molecule has 0 saturated heterocycles. The van der Waals surface area contributed by atoms with Crippen LogP contribution in [0, 0.1) is 0 Å². The van der Waals surface area contributed by atoms with E-state index in [2.05, 4.69) is 24.1 Å². The predicted molar refractivity (Wildman–Crippen MR) is 91.7 cm³/mol. The molecule has 4 nitrogen and oxygen atoms in total. The predicted octanol–water partition coefficient (Wildman–Crippen LogP) is 3.01. The number of carbonyl (C=O) groups is 1. The molecular weight excluding hydrogens is 318 g/mol. The van der Waals surface area contributed by atoms with Gasteiger partial charge in [0, 0.05) is 28.8 Å². The summed E-state index contributed by atoms with van der Waals surface area (Å²) in [6, 6.07) is 7.70. The number of carbonyl (C=O) groups excluding carboxylic acids is 1. The van der Waals surface area contributed by atoms with Crippen LogP contribution in [-0.4, -0.2) is 24.0 Å². The molecule has 6 heteroatoms. The summed E-state index contributed by atoms with van der Waals surface area (Å²) in [4.78, 5) is 16.5. The van der Waals surface area contributed by atoms with Crippen LogP contribution in [0.5, 0.6) is 0 Å². The number of hydrogen-bond donors (Lipinski definition) is 2. The lowest BCUT2D eigenvalue weighted by Crippen LogP contribution is -2.36. The first-order chi connectivity index (χ1) is 10.4. The van der Waals surface area contributed by atoms with Crippen molar-refractivity contribution in [3.8, 4) is 0 Å². The molecule has 0 atom stereocenters. The summed E-state index contributed by atoms with van der Waals surface area (Å²) in [6.45, 7) is 5.19. The van der Waals surface area contributed by atoms with Crippen LogP contribution in [0.4, 0.5) is 0 Å². The van der Waals surface area contributed by atoms with Crippen LogP contribution in [0.3, 0.4) is 0 Å². The van der Waals surface area contributed by atoms with Gasteiger partial charge in [-0.1, -0.05) is 37.6 Å². The van der Waals surface area contributed by atoms with Crippen molar-refractivity contribution in [1.29, 1.82) is 0 Å². The summed E-state index contributed by atoms with van der Waals surface area (Å²) in [5, 5.41) is 6.30. The van der Waals surface area contributed by atoms with Gasteiger partial charge in [-0.15, -0.1) is 11.3 Å². The van der Waals surface area contributed by atoms with Crippen molar-refractivity contribution in [1.82, 2.24) is 10.3 Å². The normalized spacial score (nSPS) is 11.5. The van der Waals surface area contributed by atoms with Gasteiger partial charge in [-0.2, -0.15) is 0 Å². The molecule has 0 spiro atoms. The molecule has 1 aromatic heterocycles. The van der Waals surface area contributed by atoms with Crippen molar-refractivity contribution in [2.75, 3.05) is 13.1 Å². The van der Waals surface area contributed by atoms with E-state index in [1.807, 2.05) is 24.3 Å². The summed E-state index contributed by atoms with van der Waals surface area (Å²) in [5.41, 5.74) is 6.82. The van der Waals surface area contributed by atoms with Gasteiger partial charge in [0.15, 0.2) is 0 Å². The van der Waals surface area contributed by atoms with Crippen molar-refractivity contribution < 1.29 is 4.79 Å². The zero-order valence-corrected chi connectivity index (χ0v) is 14.3. The average Bonchev–Trinajstić information content (AvgIpc) is 2.94. The molecule has 0 bridgehead atoms. The van der Waals surface area contributed by atoms with Gasteiger partial charge in [-0.3, -0.25) is 4.79 Å². The Balaban J connectivity index is 2.00. The molecule has 0 fully saturated rings. The van der Waals surface area contributed by atoms with Gasteiger partial charge in [0.25, 0.3) is 5.91 Å².